The van der Waals surface area contributed by atoms with Crippen molar-refractivity contribution in [1.82, 2.24) is 19.9 Å². The number of hydrogen-bond donors (Lipinski definition) is 2. The molecular weight excluding hydrogens is 351 g/mol. The van der Waals surface area contributed by atoms with Crippen molar-refractivity contribution >= 4 is 28.4 Å². The number of nitrogens with zero attached hydrogens (tertiary/aromatic N) is 4. The van der Waals surface area contributed by atoms with Gasteiger partial charge in [0.15, 0.2) is 17.3 Å². The van der Waals surface area contributed by atoms with E-state index in [1.165, 1.54) is 12.1 Å². The second-order valence-corrected chi connectivity index (χ2v) is 6.07. The molecule has 4 aromatic rings. The molecule has 0 unspecified atom stereocenters. The summed E-state index contributed by atoms with van der Waals surface area (Å²) in [4.78, 5) is 17.1. The number of benzene rings is 2. The zero-order valence-corrected chi connectivity index (χ0v) is 14.3. The Morgan fingerprint density at radius 1 is 1.26 bits per heavy atom. The van der Waals surface area contributed by atoms with Crippen LogP contribution in [0, 0.1) is 12.7 Å². The molecule has 2 heterocycles. The van der Waals surface area contributed by atoms with Crippen molar-refractivity contribution in [3.8, 4) is 11.5 Å². The van der Waals surface area contributed by atoms with Crippen molar-refractivity contribution < 1.29 is 13.8 Å². The summed E-state index contributed by atoms with van der Waals surface area (Å²) in [6, 6.07) is 11.6. The average molecular weight is 366 g/mol. The predicted octanol–water partition coefficient (Wildman–Crippen LogP) is 2.75. The Morgan fingerprint density at radius 3 is 2.81 bits per heavy atom. The molecule has 0 bridgehead atoms. The van der Waals surface area contributed by atoms with Crippen molar-refractivity contribution in [1.29, 1.82) is 0 Å². The molecule has 0 radical (unpaired) electrons. The van der Waals surface area contributed by atoms with Gasteiger partial charge in [-0.3, -0.25) is 4.79 Å². The number of anilines is 2. The number of hydrogen-bond acceptors (Lipinski definition) is 6. The lowest BCUT2D eigenvalue weighted by Crippen LogP contribution is -2.19. The molecule has 3 N–H and O–H groups in total. The average Bonchev–Trinajstić information content (AvgIpc) is 3.17. The van der Waals surface area contributed by atoms with Crippen LogP contribution in [0.15, 0.2) is 47.1 Å². The summed E-state index contributed by atoms with van der Waals surface area (Å²) in [6.07, 6.45) is 0. The van der Waals surface area contributed by atoms with Crippen LogP contribution < -0.4 is 11.1 Å². The Labute approximate surface area is 152 Å². The highest BCUT2D eigenvalue weighted by atomic mass is 19.1. The van der Waals surface area contributed by atoms with Gasteiger partial charge >= 0.3 is 0 Å². The van der Waals surface area contributed by atoms with Crippen LogP contribution in [0.3, 0.4) is 0 Å². The van der Waals surface area contributed by atoms with E-state index in [9.17, 15) is 9.18 Å². The van der Waals surface area contributed by atoms with E-state index in [1.54, 1.807) is 17.6 Å². The number of rotatable bonds is 4. The maximum absolute atomic E-state index is 13.6. The van der Waals surface area contributed by atoms with Gasteiger partial charge < -0.3 is 15.6 Å². The minimum Gasteiger partial charge on any atom is -0.379 e. The molecule has 27 heavy (non-hydrogen) atoms. The fourth-order valence-electron chi connectivity index (χ4n) is 2.92. The molecule has 0 saturated heterocycles. The highest BCUT2D eigenvalue weighted by molar-refractivity contribution is 5.92. The van der Waals surface area contributed by atoms with E-state index in [4.69, 9.17) is 5.73 Å². The van der Waals surface area contributed by atoms with E-state index in [0.29, 0.717) is 22.6 Å². The van der Waals surface area contributed by atoms with Gasteiger partial charge in [-0.25, -0.2) is 14.0 Å². The van der Waals surface area contributed by atoms with Crippen molar-refractivity contribution in [3.63, 3.8) is 0 Å². The van der Waals surface area contributed by atoms with E-state index in [2.05, 4.69) is 25.2 Å². The summed E-state index contributed by atoms with van der Waals surface area (Å²) in [5.41, 5.74) is 8.52. The molecule has 4 rings (SSSR count). The number of nitrogen functional groups attached to an aromatic ring is 1. The molecule has 0 spiro atoms. The van der Waals surface area contributed by atoms with Crippen LogP contribution in [0.1, 0.15) is 5.56 Å². The van der Waals surface area contributed by atoms with Crippen LogP contribution >= 0.6 is 0 Å². The molecule has 0 atom stereocenters. The molecule has 0 aliphatic carbocycles. The van der Waals surface area contributed by atoms with Crippen molar-refractivity contribution in [3.05, 3.63) is 53.8 Å². The summed E-state index contributed by atoms with van der Waals surface area (Å²) in [6.45, 7) is 1.68. The Hall–Kier alpha value is -3.75. The highest BCUT2D eigenvalue weighted by Gasteiger charge is 2.20. The number of nitrogens with one attached hydrogen (secondary N) is 1. The second-order valence-electron chi connectivity index (χ2n) is 6.07. The number of fused-ring (bicyclic) bond motifs is 1. The van der Waals surface area contributed by atoms with Gasteiger partial charge in [-0.1, -0.05) is 12.1 Å². The first-order valence-corrected chi connectivity index (χ1v) is 8.12. The minimum atomic E-state index is -0.416. The Balaban J connectivity index is 1.70. The third kappa shape index (κ3) is 3.22. The lowest BCUT2D eigenvalue weighted by molar-refractivity contribution is -0.116. The second kappa shape index (κ2) is 6.52. The third-order valence-electron chi connectivity index (χ3n) is 4.01. The van der Waals surface area contributed by atoms with E-state index in [-0.39, 0.29) is 24.0 Å². The number of amides is 1. The molecule has 0 aliphatic rings. The van der Waals surface area contributed by atoms with Gasteiger partial charge in [-0.15, -0.1) is 0 Å². The van der Waals surface area contributed by atoms with Crippen LogP contribution in [0.5, 0.6) is 0 Å². The number of imidazole rings is 1. The Bertz CT molecular complexity index is 1130. The predicted molar refractivity (Wildman–Crippen MR) is 97.2 cm³/mol. The van der Waals surface area contributed by atoms with Crippen molar-refractivity contribution in [2.24, 2.45) is 0 Å². The van der Waals surface area contributed by atoms with E-state index in [0.717, 1.165) is 5.52 Å². The van der Waals surface area contributed by atoms with Gasteiger partial charge in [0, 0.05) is 5.69 Å². The largest absolute Gasteiger partial charge is 0.379 e. The summed E-state index contributed by atoms with van der Waals surface area (Å²) >= 11 is 0. The molecule has 2 aromatic heterocycles. The van der Waals surface area contributed by atoms with Crippen molar-refractivity contribution in [2.75, 3.05) is 11.1 Å². The first-order valence-electron chi connectivity index (χ1n) is 8.12. The number of aryl methyl sites for hydroxylation is 1. The van der Waals surface area contributed by atoms with Crippen molar-refractivity contribution in [2.45, 2.75) is 13.5 Å². The van der Waals surface area contributed by atoms with Crippen LogP contribution in [0.4, 0.5) is 15.9 Å². The maximum atomic E-state index is 13.6. The Kier molecular flexibility index (Phi) is 4.03. The maximum Gasteiger partial charge on any atom is 0.244 e. The molecule has 0 saturated carbocycles. The zero-order valence-electron chi connectivity index (χ0n) is 14.3. The fourth-order valence-corrected chi connectivity index (χ4v) is 2.92. The molecule has 2 aromatic carbocycles. The van der Waals surface area contributed by atoms with E-state index < -0.39 is 5.82 Å². The molecule has 136 valence electrons. The molecule has 1 amide bonds. The molecular formula is C18H15FN6O2. The van der Waals surface area contributed by atoms with Gasteiger partial charge in [-0.2, -0.15) is 0 Å². The molecule has 0 aliphatic heterocycles. The third-order valence-corrected chi connectivity index (χ3v) is 4.01. The first kappa shape index (κ1) is 16.7. The standard InChI is InChI=1S/C18H15FN6O2/c1-10-6-11(19)8-12(7-10)21-15(26)9-25-14-5-3-2-4-13(14)22-18(25)16-17(20)24-27-23-16/h2-8H,9H2,1H3,(H2,20,24)(H,21,26). The summed E-state index contributed by atoms with van der Waals surface area (Å²) in [5, 5.41) is 10.0. The van der Waals surface area contributed by atoms with E-state index in [1.807, 2.05) is 24.3 Å². The molecule has 0 fully saturated rings. The number of carbonyl (C=O) groups is 1. The smallest absolute Gasteiger partial charge is 0.244 e. The minimum absolute atomic E-state index is 0.0717. The fraction of sp³-hybridized carbons (Fsp3) is 0.111. The Morgan fingerprint density at radius 2 is 2.07 bits per heavy atom. The topological polar surface area (TPSA) is 112 Å². The normalized spacial score (nSPS) is 11.0. The number of para-hydroxylation sites is 2. The van der Waals surface area contributed by atoms with Crippen LogP contribution in [-0.4, -0.2) is 25.8 Å². The monoisotopic (exact) mass is 366 g/mol. The lowest BCUT2D eigenvalue weighted by atomic mass is 10.2. The number of halogens is 1. The highest BCUT2D eigenvalue weighted by Crippen LogP contribution is 2.26. The van der Waals surface area contributed by atoms with Crippen LogP contribution in [0.25, 0.3) is 22.6 Å². The summed E-state index contributed by atoms with van der Waals surface area (Å²) in [7, 11) is 0. The number of nitrogens with two attached hydrogens (primary N) is 1. The first-order chi connectivity index (χ1) is 13.0. The molecule has 9 heteroatoms. The van der Waals surface area contributed by atoms with Crippen LogP contribution in [-0.2, 0) is 11.3 Å². The summed E-state index contributed by atoms with van der Waals surface area (Å²) in [5.74, 6) is -0.326. The summed E-state index contributed by atoms with van der Waals surface area (Å²) < 4.78 is 19.9. The van der Waals surface area contributed by atoms with Crippen LogP contribution in [0.2, 0.25) is 0 Å². The van der Waals surface area contributed by atoms with Gasteiger partial charge in [0.25, 0.3) is 0 Å². The van der Waals surface area contributed by atoms with Gasteiger partial charge in [0.1, 0.15) is 12.4 Å². The SMILES string of the molecule is Cc1cc(F)cc(NC(=O)Cn2c(-c3nonc3N)nc3ccccc32)c1. The van der Waals surface area contributed by atoms with E-state index >= 15 is 0 Å². The van der Waals surface area contributed by atoms with Gasteiger partial charge in [-0.05, 0) is 53.1 Å². The zero-order chi connectivity index (χ0) is 19.0. The lowest BCUT2D eigenvalue weighted by Gasteiger charge is -2.10. The van der Waals surface area contributed by atoms with Gasteiger partial charge in [0.05, 0.1) is 11.0 Å². The number of carbonyl (C=O) groups excluding carboxylic acids is 1. The molecule has 8 nitrogen and oxygen atoms in total. The van der Waals surface area contributed by atoms with Gasteiger partial charge in [0.2, 0.25) is 5.91 Å². The quantitative estimate of drug-likeness (QED) is 0.574. The number of aromatic nitrogens is 4.